The molecule has 0 aliphatic heterocycles. The summed E-state index contributed by atoms with van der Waals surface area (Å²) in [6.45, 7) is 0. The number of nitrogens with zero attached hydrogens (tertiary/aromatic N) is 2. The van der Waals surface area contributed by atoms with Gasteiger partial charge >= 0.3 is 0 Å². The van der Waals surface area contributed by atoms with E-state index in [1.165, 1.54) is 0 Å². The second kappa shape index (κ2) is 5.01. The molecule has 0 saturated carbocycles. The van der Waals surface area contributed by atoms with Crippen molar-refractivity contribution < 1.29 is 0 Å². The van der Waals surface area contributed by atoms with E-state index >= 15 is 0 Å². The van der Waals surface area contributed by atoms with Crippen LogP contribution in [-0.4, -0.2) is 15.0 Å². The van der Waals surface area contributed by atoms with Crippen LogP contribution < -0.4 is 11.5 Å². The summed E-state index contributed by atoms with van der Waals surface area (Å²) in [4.78, 5) is 11.6. The quantitative estimate of drug-likeness (QED) is 0.481. The van der Waals surface area contributed by atoms with Crippen LogP contribution in [-0.2, 0) is 0 Å². The molecule has 0 aliphatic rings. The molecule has 23 heavy (non-hydrogen) atoms. The summed E-state index contributed by atoms with van der Waals surface area (Å²) in [5.41, 5.74) is 15.0. The number of aromatic amines is 1. The summed E-state index contributed by atoms with van der Waals surface area (Å²) in [6, 6.07) is 9.12. The van der Waals surface area contributed by atoms with Gasteiger partial charge in [0.2, 0.25) is 0 Å². The number of H-pyrrole nitrogens is 1. The topological polar surface area (TPSA) is 93.6 Å². The van der Waals surface area contributed by atoms with E-state index in [0.717, 1.165) is 32.9 Å². The number of aromatic nitrogens is 3. The van der Waals surface area contributed by atoms with Gasteiger partial charge in [-0.15, -0.1) is 0 Å². The van der Waals surface area contributed by atoms with E-state index in [9.17, 15) is 0 Å². The van der Waals surface area contributed by atoms with Gasteiger partial charge in [0.25, 0.3) is 0 Å². The minimum atomic E-state index is 0.247. The Morgan fingerprint density at radius 2 is 1.83 bits per heavy atom. The van der Waals surface area contributed by atoms with Gasteiger partial charge in [-0.05, 0) is 30.3 Å². The molecule has 2 heterocycles. The van der Waals surface area contributed by atoms with Gasteiger partial charge in [-0.1, -0.05) is 23.2 Å². The molecule has 0 bridgehead atoms. The van der Waals surface area contributed by atoms with Crippen molar-refractivity contribution in [1.82, 2.24) is 15.0 Å². The van der Waals surface area contributed by atoms with Crippen LogP contribution in [0.5, 0.6) is 0 Å². The Labute approximate surface area is 141 Å². The number of fused-ring (bicyclic) bond motifs is 3. The Hall–Kier alpha value is -2.50. The number of halogens is 2. The van der Waals surface area contributed by atoms with Gasteiger partial charge in [-0.3, -0.25) is 4.98 Å². The van der Waals surface area contributed by atoms with Crippen LogP contribution in [0, 0.1) is 0 Å². The predicted molar refractivity (Wildman–Crippen MR) is 95.7 cm³/mol. The first-order valence-corrected chi connectivity index (χ1v) is 7.58. The van der Waals surface area contributed by atoms with Crippen LogP contribution >= 0.6 is 23.2 Å². The molecule has 5 nitrogen and oxygen atoms in total. The highest BCUT2D eigenvalue weighted by atomic mass is 35.5. The Morgan fingerprint density at radius 1 is 1.00 bits per heavy atom. The van der Waals surface area contributed by atoms with Crippen molar-refractivity contribution in [2.45, 2.75) is 0 Å². The number of hydrogen-bond donors (Lipinski definition) is 3. The van der Waals surface area contributed by atoms with Gasteiger partial charge in [-0.2, -0.15) is 4.98 Å². The van der Waals surface area contributed by atoms with Crippen LogP contribution in [0.1, 0.15) is 0 Å². The van der Waals surface area contributed by atoms with E-state index in [0.29, 0.717) is 15.9 Å². The zero-order chi connectivity index (χ0) is 16.1. The molecule has 0 saturated heterocycles. The highest BCUT2D eigenvalue weighted by molar-refractivity contribution is 6.36. The smallest absolute Gasteiger partial charge is 0.199 e. The summed E-state index contributed by atoms with van der Waals surface area (Å²) < 4.78 is 0. The van der Waals surface area contributed by atoms with E-state index in [4.69, 9.17) is 34.7 Å². The number of nitrogen functional groups attached to an aromatic ring is 2. The molecule has 2 aromatic heterocycles. The molecular weight excluding hydrogens is 333 g/mol. The summed E-state index contributed by atoms with van der Waals surface area (Å²) in [7, 11) is 0. The lowest BCUT2D eigenvalue weighted by atomic mass is 10.00. The van der Waals surface area contributed by atoms with Crippen molar-refractivity contribution in [1.29, 1.82) is 0 Å². The third kappa shape index (κ3) is 2.17. The second-order valence-corrected chi connectivity index (χ2v) is 6.03. The predicted octanol–water partition coefficient (Wildman–Crippen LogP) is 4.25. The number of anilines is 2. The van der Waals surface area contributed by atoms with Gasteiger partial charge in [0, 0.05) is 38.1 Å². The first-order valence-electron chi connectivity index (χ1n) is 6.82. The molecule has 5 N–H and O–H groups in total. The molecule has 0 radical (unpaired) electrons. The first-order chi connectivity index (χ1) is 11.0. The average molecular weight is 344 g/mol. The van der Waals surface area contributed by atoms with E-state index in [1.54, 1.807) is 18.3 Å². The maximum absolute atomic E-state index is 6.35. The maximum Gasteiger partial charge on any atom is 0.199 e. The Morgan fingerprint density at radius 3 is 2.65 bits per heavy atom. The molecule has 0 aliphatic carbocycles. The number of hydrogen-bond acceptors (Lipinski definition) is 4. The Balaban J connectivity index is 2.18. The van der Waals surface area contributed by atoms with Gasteiger partial charge in [0.15, 0.2) is 5.95 Å². The normalized spacial score (nSPS) is 11.4. The Bertz CT molecular complexity index is 1070. The van der Waals surface area contributed by atoms with Crippen LogP contribution in [0.25, 0.3) is 32.9 Å². The molecule has 114 valence electrons. The summed E-state index contributed by atoms with van der Waals surface area (Å²) in [5.74, 6) is 0.606. The third-order valence-electron chi connectivity index (χ3n) is 3.76. The fourth-order valence-electron chi connectivity index (χ4n) is 2.82. The molecule has 4 rings (SSSR count). The molecule has 7 heteroatoms. The van der Waals surface area contributed by atoms with Gasteiger partial charge < -0.3 is 16.5 Å². The SMILES string of the molecule is Nc1nc(N)c2c(cc(-c3cc(Cl)ccc3Cl)c3nccc32)[nH]1. The zero-order valence-corrected chi connectivity index (χ0v) is 13.3. The van der Waals surface area contributed by atoms with Crippen molar-refractivity contribution in [2.75, 3.05) is 11.5 Å². The highest BCUT2D eigenvalue weighted by Gasteiger charge is 2.16. The van der Waals surface area contributed by atoms with E-state index < -0.39 is 0 Å². The molecule has 0 fully saturated rings. The average Bonchev–Trinajstić information content (AvgIpc) is 2.97. The monoisotopic (exact) mass is 343 g/mol. The summed E-state index contributed by atoms with van der Waals surface area (Å²) in [6.07, 6.45) is 1.72. The van der Waals surface area contributed by atoms with E-state index in [2.05, 4.69) is 15.0 Å². The summed E-state index contributed by atoms with van der Waals surface area (Å²) >= 11 is 12.5. The van der Waals surface area contributed by atoms with Crippen LogP contribution in [0.2, 0.25) is 10.0 Å². The minimum Gasteiger partial charge on any atom is -0.383 e. The fraction of sp³-hybridized carbons (Fsp3) is 0. The van der Waals surface area contributed by atoms with Crippen molar-refractivity contribution in [2.24, 2.45) is 0 Å². The van der Waals surface area contributed by atoms with Crippen molar-refractivity contribution >= 4 is 56.8 Å². The Kier molecular flexibility index (Phi) is 3.07. The van der Waals surface area contributed by atoms with Crippen molar-refractivity contribution in [3.05, 3.63) is 46.6 Å². The zero-order valence-electron chi connectivity index (χ0n) is 11.8. The second-order valence-electron chi connectivity index (χ2n) is 5.19. The summed E-state index contributed by atoms with van der Waals surface area (Å²) in [5, 5.41) is 2.86. The number of nitrogens with two attached hydrogens (primary N) is 2. The van der Waals surface area contributed by atoms with Crippen LogP contribution in [0.15, 0.2) is 36.5 Å². The molecule has 0 atom stereocenters. The number of nitrogens with one attached hydrogen (secondary N) is 1. The molecular formula is C16H11Cl2N5. The van der Waals surface area contributed by atoms with Gasteiger partial charge in [0.1, 0.15) is 5.82 Å². The lowest BCUT2D eigenvalue weighted by Gasteiger charge is -2.11. The molecule has 4 aromatic rings. The standard InChI is InChI=1S/C16H11Cl2N5/c17-7-1-2-11(18)9(5-7)10-6-12-13(8-3-4-21-14(8)10)15(19)23-16(20)22-12/h1-6H,19H2,(H3,20,22,23). The molecule has 0 unspecified atom stereocenters. The van der Waals surface area contributed by atoms with Crippen molar-refractivity contribution in [3.8, 4) is 11.1 Å². The largest absolute Gasteiger partial charge is 0.383 e. The number of benzene rings is 2. The lowest BCUT2D eigenvalue weighted by molar-refractivity contribution is 1.25. The molecule has 0 spiro atoms. The highest BCUT2D eigenvalue weighted by Crippen LogP contribution is 2.39. The van der Waals surface area contributed by atoms with E-state index in [1.807, 2.05) is 18.2 Å². The fourth-order valence-corrected chi connectivity index (χ4v) is 3.21. The first kappa shape index (κ1) is 14.1. The minimum absolute atomic E-state index is 0.247. The maximum atomic E-state index is 6.35. The van der Waals surface area contributed by atoms with Crippen molar-refractivity contribution in [3.63, 3.8) is 0 Å². The molecule has 2 aromatic carbocycles. The lowest BCUT2D eigenvalue weighted by Crippen LogP contribution is -2.01. The van der Waals surface area contributed by atoms with Crippen LogP contribution in [0.4, 0.5) is 11.8 Å². The van der Waals surface area contributed by atoms with Gasteiger partial charge in [0.05, 0.1) is 11.0 Å². The van der Waals surface area contributed by atoms with Crippen LogP contribution in [0.3, 0.4) is 0 Å². The number of rotatable bonds is 1. The third-order valence-corrected chi connectivity index (χ3v) is 4.33. The van der Waals surface area contributed by atoms with E-state index in [-0.39, 0.29) is 5.95 Å². The molecule has 0 amide bonds. The van der Waals surface area contributed by atoms with Gasteiger partial charge in [-0.25, -0.2) is 0 Å².